The van der Waals surface area contributed by atoms with E-state index in [0.29, 0.717) is 5.92 Å². The second kappa shape index (κ2) is 5.69. The lowest BCUT2D eigenvalue weighted by Gasteiger charge is -2.21. The molecule has 10 heavy (non-hydrogen) atoms. The standard InChI is InChI=1S/C8H18O2/c1-4-7(5-2)8(6-9)10-3/h7-9H,4-6H2,1-3H3. The van der Waals surface area contributed by atoms with E-state index in [9.17, 15) is 0 Å². The average molecular weight is 146 g/mol. The molecule has 0 aromatic rings. The molecule has 0 rings (SSSR count). The maximum absolute atomic E-state index is 8.83. The molecule has 0 aliphatic carbocycles. The molecule has 0 amide bonds. The van der Waals surface area contributed by atoms with Crippen molar-refractivity contribution >= 4 is 0 Å². The van der Waals surface area contributed by atoms with Crippen molar-refractivity contribution in [3.63, 3.8) is 0 Å². The van der Waals surface area contributed by atoms with E-state index < -0.39 is 0 Å². The van der Waals surface area contributed by atoms with Gasteiger partial charge in [0.25, 0.3) is 0 Å². The van der Waals surface area contributed by atoms with Crippen LogP contribution in [-0.4, -0.2) is 24.9 Å². The Bertz CT molecular complexity index is 55.7. The Labute approximate surface area is 63.2 Å². The summed E-state index contributed by atoms with van der Waals surface area (Å²) in [5.74, 6) is 0.509. The molecule has 0 fully saturated rings. The molecule has 62 valence electrons. The van der Waals surface area contributed by atoms with Gasteiger partial charge >= 0.3 is 0 Å². The van der Waals surface area contributed by atoms with Crippen LogP contribution >= 0.6 is 0 Å². The van der Waals surface area contributed by atoms with E-state index in [-0.39, 0.29) is 12.7 Å². The molecule has 1 unspecified atom stereocenters. The highest BCUT2D eigenvalue weighted by Gasteiger charge is 2.15. The Morgan fingerprint density at radius 3 is 1.90 bits per heavy atom. The molecule has 2 nitrogen and oxygen atoms in total. The molecule has 0 aromatic carbocycles. The Morgan fingerprint density at radius 2 is 1.80 bits per heavy atom. The van der Waals surface area contributed by atoms with Crippen LogP contribution in [0.1, 0.15) is 26.7 Å². The van der Waals surface area contributed by atoms with Gasteiger partial charge in [0.15, 0.2) is 0 Å². The monoisotopic (exact) mass is 146 g/mol. The summed E-state index contributed by atoms with van der Waals surface area (Å²) in [7, 11) is 1.65. The summed E-state index contributed by atoms with van der Waals surface area (Å²) in [5, 5.41) is 8.83. The Balaban J connectivity index is 3.70. The minimum absolute atomic E-state index is 0.0370. The minimum Gasteiger partial charge on any atom is -0.394 e. The fraction of sp³-hybridized carbons (Fsp3) is 1.00. The third-order valence-corrected chi connectivity index (χ3v) is 2.06. The molecule has 0 bridgehead atoms. The van der Waals surface area contributed by atoms with Crippen LogP contribution in [0.15, 0.2) is 0 Å². The number of rotatable bonds is 5. The zero-order chi connectivity index (χ0) is 7.98. The van der Waals surface area contributed by atoms with E-state index in [4.69, 9.17) is 9.84 Å². The Hall–Kier alpha value is -0.0800. The fourth-order valence-corrected chi connectivity index (χ4v) is 1.23. The largest absolute Gasteiger partial charge is 0.394 e. The first-order valence-electron chi connectivity index (χ1n) is 3.93. The molecule has 0 aromatic heterocycles. The van der Waals surface area contributed by atoms with Crippen LogP contribution in [0.5, 0.6) is 0 Å². The Kier molecular flexibility index (Phi) is 5.64. The normalized spacial score (nSPS) is 14.1. The van der Waals surface area contributed by atoms with Crippen LogP contribution in [0.2, 0.25) is 0 Å². The molecule has 0 spiro atoms. The van der Waals surface area contributed by atoms with Crippen molar-refractivity contribution in [2.75, 3.05) is 13.7 Å². The molecule has 0 aliphatic rings. The molecular weight excluding hydrogens is 128 g/mol. The van der Waals surface area contributed by atoms with Gasteiger partial charge in [0.2, 0.25) is 0 Å². The topological polar surface area (TPSA) is 29.5 Å². The van der Waals surface area contributed by atoms with Gasteiger partial charge < -0.3 is 9.84 Å². The average Bonchev–Trinajstić information content (AvgIpc) is 2.00. The summed E-state index contributed by atoms with van der Waals surface area (Å²) < 4.78 is 5.09. The molecule has 1 N–H and O–H groups in total. The molecular formula is C8H18O2. The molecule has 0 heterocycles. The van der Waals surface area contributed by atoms with E-state index in [2.05, 4.69) is 13.8 Å². The third-order valence-electron chi connectivity index (χ3n) is 2.06. The van der Waals surface area contributed by atoms with Gasteiger partial charge in [-0.15, -0.1) is 0 Å². The van der Waals surface area contributed by atoms with E-state index in [1.807, 2.05) is 0 Å². The van der Waals surface area contributed by atoms with Crippen molar-refractivity contribution in [3.05, 3.63) is 0 Å². The van der Waals surface area contributed by atoms with Gasteiger partial charge in [0.1, 0.15) is 0 Å². The van der Waals surface area contributed by atoms with E-state index in [1.54, 1.807) is 7.11 Å². The quantitative estimate of drug-likeness (QED) is 0.635. The number of ether oxygens (including phenoxy) is 1. The highest BCUT2D eigenvalue weighted by molar-refractivity contribution is 4.65. The summed E-state index contributed by atoms with van der Waals surface area (Å²) in [4.78, 5) is 0. The molecule has 0 aliphatic heterocycles. The number of aliphatic hydroxyl groups excluding tert-OH is 1. The first kappa shape index (κ1) is 9.92. The Morgan fingerprint density at radius 1 is 1.30 bits per heavy atom. The van der Waals surface area contributed by atoms with E-state index in [0.717, 1.165) is 12.8 Å². The summed E-state index contributed by atoms with van der Waals surface area (Å²) in [6, 6.07) is 0. The van der Waals surface area contributed by atoms with Gasteiger partial charge in [0.05, 0.1) is 12.7 Å². The SMILES string of the molecule is CCC(CC)C(CO)OC. The first-order valence-corrected chi connectivity index (χ1v) is 3.93. The van der Waals surface area contributed by atoms with Crippen LogP contribution in [0, 0.1) is 5.92 Å². The zero-order valence-electron chi connectivity index (χ0n) is 7.13. The maximum Gasteiger partial charge on any atom is 0.0829 e. The molecule has 0 saturated heterocycles. The summed E-state index contributed by atoms with van der Waals surface area (Å²) >= 11 is 0. The van der Waals surface area contributed by atoms with Gasteiger partial charge in [-0.2, -0.15) is 0 Å². The van der Waals surface area contributed by atoms with Gasteiger partial charge in [-0.25, -0.2) is 0 Å². The highest BCUT2D eigenvalue weighted by Crippen LogP contribution is 2.14. The van der Waals surface area contributed by atoms with Crippen molar-refractivity contribution in [2.24, 2.45) is 5.92 Å². The lowest BCUT2D eigenvalue weighted by atomic mass is 9.97. The van der Waals surface area contributed by atoms with Gasteiger partial charge in [0, 0.05) is 7.11 Å². The third kappa shape index (κ3) is 2.67. The van der Waals surface area contributed by atoms with Gasteiger partial charge in [-0.1, -0.05) is 26.7 Å². The number of aliphatic hydroxyl groups is 1. The smallest absolute Gasteiger partial charge is 0.0829 e. The fourth-order valence-electron chi connectivity index (χ4n) is 1.23. The van der Waals surface area contributed by atoms with Gasteiger partial charge in [-0.3, -0.25) is 0 Å². The van der Waals surface area contributed by atoms with Crippen LogP contribution < -0.4 is 0 Å². The van der Waals surface area contributed by atoms with Crippen molar-refractivity contribution in [1.82, 2.24) is 0 Å². The number of hydrogen-bond acceptors (Lipinski definition) is 2. The van der Waals surface area contributed by atoms with Crippen molar-refractivity contribution in [2.45, 2.75) is 32.8 Å². The molecule has 0 radical (unpaired) electrons. The van der Waals surface area contributed by atoms with Crippen LogP contribution in [-0.2, 0) is 4.74 Å². The van der Waals surface area contributed by atoms with Crippen molar-refractivity contribution in [3.8, 4) is 0 Å². The first-order chi connectivity index (χ1) is 4.79. The second-order valence-electron chi connectivity index (χ2n) is 2.53. The maximum atomic E-state index is 8.83. The van der Waals surface area contributed by atoms with Crippen LogP contribution in [0.25, 0.3) is 0 Å². The lowest BCUT2D eigenvalue weighted by molar-refractivity contribution is 0.00507. The summed E-state index contributed by atoms with van der Waals surface area (Å²) in [5.41, 5.74) is 0. The minimum atomic E-state index is 0.0370. The van der Waals surface area contributed by atoms with Crippen molar-refractivity contribution in [1.29, 1.82) is 0 Å². The van der Waals surface area contributed by atoms with Crippen molar-refractivity contribution < 1.29 is 9.84 Å². The van der Waals surface area contributed by atoms with E-state index >= 15 is 0 Å². The number of methoxy groups -OCH3 is 1. The van der Waals surface area contributed by atoms with E-state index in [1.165, 1.54) is 0 Å². The zero-order valence-corrected chi connectivity index (χ0v) is 7.13. The highest BCUT2D eigenvalue weighted by atomic mass is 16.5. The molecule has 0 saturated carbocycles. The molecule has 1 atom stereocenters. The number of hydrogen-bond donors (Lipinski definition) is 1. The second-order valence-corrected chi connectivity index (χ2v) is 2.53. The molecule has 2 heteroatoms. The van der Waals surface area contributed by atoms with Crippen LogP contribution in [0.3, 0.4) is 0 Å². The van der Waals surface area contributed by atoms with Crippen LogP contribution in [0.4, 0.5) is 0 Å². The predicted molar refractivity (Wildman–Crippen MR) is 42.0 cm³/mol. The lowest BCUT2D eigenvalue weighted by Crippen LogP contribution is -2.25. The predicted octanol–water partition coefficient (Wildman–Crippen LogP) is 1.43. The summed E-state index contributed by atoms with van der Waals surface area (Å²) in [6.45, 7) is 4.38. The summed E-state index contributed by atoms with van der Waals surface area (Å²) in [6.07, 6.45) is 2.19. The van der Waals surface area contributed by atoms with Gasteiger partial charge in [-0.05, 0) is 5.92 Å².